The lowest BCUT2D eigenvalue weighted by molar-refractivity contribution is 0.730. The Morgan fingerprint density at radius 3 is 2.73 bits per heavy atom. The van der Waals surface area contributed by atoms with Gasteiger partial charge in [-0.05, 0) is 24.6 Å². The smallest absolute Gasteiger partial charge is 0.163 e. The lowest BCUT2D eigenvalue weighted by Gasteiger charge is -2.27. The summed E-state index contributed by atoms with van der Waals surface area (Å²) in [5.41, 5.74) is 1.79. The number of rotatable bonds is 3. The van der Waals surface area contributed by atoms with Gasteiger partial charge in [-0.2, -0.15) is 5.10 Å². The fraction of sp³-hybridized carbons (Fsp3) is 0.267. The molecular weight excluding hydrogens is 321 g/mol. The fourth-order valence-corrected chi connectivity index (χ4v) is 3.03. The van der Waals surface area contributed by atoms with Crippen molar-refractivity contribution in [3.05, 3.63) is 46.3 Å². The van der Waals surface area contributed by atoms with E-state index in [-0.39, 0.29) is 6.04 Å². The van der Waals surface area contributed by atoms with Crippen LogP contribution in [-0.2, 0) is 7.05 Å². The van der Waals surface area contributed by atoms with Crippen LogP contribution in [0.1, 0.15) is 18.5 Å². The Balaban J connectivity index is 2.03. The maximum Gasteiger partial charge on any atom is 0.163 e. The van der Waals surface area contributed by atoms with E-state index in [0.717, 1.165) is 22.4 Å². The maximum absolute atomic E-state index is 6.32. The number of fused-ring (bicyclic) bond motifs is 1. The Bertz CT molecular complexity index is 830. The van der Waals surface area contributed by atoms with Crippen molar-refractivity contribution in [1.82, 2.24) is 19.7 Å². The van der Waals surface area contributed by atoms with Gasteiger partial charge in [-0.15, -0.1) is 0 Å². The van der Waals surface area contributed by atoms with Crippen molar-refractivity contribution >= 4 is 40.1 Å². The van der Waals surface area contributed by atoms with E-state index < -0.39 is 0 Å². The van der Waals surface area contributed by atoms with Crippen LogP contribution in [0.15, 0.2) is 30.7 Å². The molecule has 5 nitrogen and oxygen atoms in total. The van der Waals surface area contributed by atoms with Crippen molar-refractivity contribution in [2.45, 2.75) is 13.0 Å². The molecule has 0 saturated heterocycles. The summed E-state index contributed by atoms with van der Waals surface area (Å²) in [6.07, 6.45) is 3.32. The van der Waals surface area contributed by atoms with Crippen molar-refractivity contribution in [2.24, 2.45) is 7.05 Å². The number of aryl methyl sites for hydroxylation is 1. The zero-order valence-corrected chi connectivity index (χ0v) is 14.0. The van der Waals surface area contributed by atoms with Crippen LogP contribution < -0.4 is 4.90 Å². The second kappa shape index (κ2) is 5.74. The molecule has 0 unspecified atom stereocenters. The topological polar surface area (TPSA) is 46.8 Å². The van der Waals surface area contributed by atoms with Crippen molar-refractivity contribution in [1.29, 1.82) is 0 Å². The molecule has 7 heteroatoms. The third kappa shape index (κ3) is 2.51. The van der Waals surface area contributed by atoms with Crippen molar-refractivity contribution < 1.29 is 0 Å². The van der Waals surface area contributed by atoms with Gasteiger partial charge >= 0.3 is 0 Å². The van der Waals surface area contributed by atoms with Crippen LogP contribution in [0.2, 0.25) is 10.0 Å². The van der Waals surface area contributed by atoms with Gasteiger partial charge in [0.25, 0.3) is 0 Å². The number of hydrogen-bond donors (Lipinski definition) is 0. The highest BCUT2D eigenvalue weighted by Gasteiger charge is 2.19. The predicted octanol–water partition coefficient (Wildman–Crippen LogP) is 3.87. The van der Waals surface area contributed by atoms with Crippen LogP contribution in [-0.4, -0.2) is 26.8 Å². The molecule has 2 heterocycles. The first-order valence-electron chi connectivity index (χ1n) is 6.79. The summed E-state index contributed by atoms with van der Waals surface area (Å²) >= 11 is 12.3. The SMILES string of the molecule is C[C@H](c1ccc(Cl)cc1Cl)N(C)c1ncnc2c1cnn2C. The Hall–Kier alpha value is -1.85. The van der Waals surface area contributed by atoms with E-state index >= 15 is 0 Å². The minimum Gasteiger partial charge on any atom is -0.352 e. The van der Waals surface area contributed by atoms with Gasteiger partial charge in [0.15, 0.2) is 5.65 Å². The standard InChI is InChI=1S/C15H15Cl2N5/c1-9(11-5-4-10(16)6-13(11)17)21(2)14-12-7-20-22(3)15(12)19-8-18-14/h4-9H,1-3H3/t9-/m1/s1. The van der Waals surface area contributed by atoms with Crippen LogP contribution in [0.5, 0.6) is 0 Å². The number of halogens is 2. The summed E-state index contributed by atoms with van der Waals surface area (Å²) in [6, 6.07) is 5.56. The van der Waals surface area contributed by atoms with Gasteiger partial charge < -0.3 is 4.90 Å². The largest absolute Gasteiger partial charge is 0.352 e. The summed E-state index contributed by atoms with van der Waals surface area (Å²) in [5.74, 6) is 0.816. The van der Waals surface area contributed by atoms with Crippen LogP contribution in [0.3, 0.4) is 0 Å². The van der Waals surface area contributed by atoms with Crippen LogP contribution in [0, 0.1) is 0 Å². The molecule has 0 N–H and O–H groups in total. The van der Waals surface area contributed by atoms with E-state index in [1.165, 1.54) is 0 Å². The third-order valence-electron chi connectivity index (χ3n) is 3.84. The minimum absolute atomic E-state index is 0.0306. The first-order chi connectivity index (χ1) is 10.5. The zero-order valence-electron chi connectivity index (χ0n) is 12.5. The molecule has 0 amide bonds. The lowest BCUT2D eigenvalue weighted by Crippen LogP contribution is -2.23. The van der Waals surface area contributed by atoms with E-state index in [9.17, 15) is 0 Å². The van der Waals surface area contributed by atoms with Gasteiger partial charge in [0.1, 0.15) is 12.1 Å². The molecule has 0 bridgehead atoms. The van der Waals surface area contributed by atoms with Crippen LogP contribution in [0.25, 0.3) is 11.0 Å². The average Bonchev–Trinajstić information content (AvgIpc) is 2.87. The van der Waals surface area contributed by atoms with Gasteiger partial charge in [0.05, 0.1) is 17.6 Å². The van der Waals surface area contributed by atoms with E-state index in [0.29, 0.717) is 10.0 Å². The molecule has 0 radical (unpaired) electrons. The van der Waals surface area contributed by atoms with Gasteiger partial charge in [-0.25, -0.2) is 9.97 Å². The second-order valence-corrected chi connectivity index (χ2v) is 6.00. The Kier molecular flexibility index (Phi) is 3.93. The monoisotopic (exact) mass is 335 g/mol. The third-order valence-corrected chi connectivity index (χ3v) is 4.40. The molecular formula is C15H15Cl2N5. The molecule has 0 spiro atoms. The molecule has 0 saturated carbocycles. The number of benzene rings is 1. The Morgan fingerprint density at radius 1 is 1.23 bits per heavy atom. The van der Waals surface area contributed by atoms with Gasteiger partial charge in [0.2, 0.25) is 0 Å². The summed E-state index contributed by atoms with van der Waals surface area (Å²) in [4.78, 5) is 10.7. The molecule has 0 aliphatic carbocycles. The molecule has 114 valence electrons. The van der Waals surface area contributed by atoms with Crippen molar-refractivity contribution in [3.63, 3.8) is 0 Å². The zero-order chi connectivity index (χ0) is 15.9. The van der Waals surface area contributed by atoms with Crippen molar-refractivity contribution in [2.75, 3.05) is 11.9 Å². The highest BCUT2D eigenvalue weighted by Crippen LogP contribution is 2.33. The van der Waals surface area contributed by atoms with Gasteiger partial charge in [-0.1, -0.05) is 29.3 Å². The van der Waals surface area contributed by atoms with Gasteiger partial charge in [0, 0.05) is 24.1 Å². The quantitative estimate of drug-likeness (QED) is 0.728. The molecule has 1 aromatic carbocycles. The molecule has 3 aromatic rings. The molecule has 0 aliphatic heterocycles. The Morgan fingerprint density at radius 2 is 2.00 bits per heavy atom. The summed E-state index contributed by atoms with van der Waals surface area (Å²) in [6.45, 7) is 2.07. The normalized spacial score (nSPS) is 12.6. The van der Waals surface area contributed by atoms with E-state index in [4.69, 9.17) is 23.2 Å². The molecule has 0 aliphatic rings. The molecule has 22 heavy (non-hydrogen) atoms. The minimum atomic E-state index is 0.0306. The lowest BCUT2D eigenvalue weighted by atomic mass is 10.1. The van der Waals surface area contributed by atoms with E-state index in [1.54, 1.807) is 23.3 Å². The fourth-order valence-electron chi connectivity index (χ4n) is 2.46. The van der Waals surface area contributed by atoms with Crippen LogP contribution >= 0.6 is 23.2 Å². The predicted molar refractivity (Wildman–Crippen MR) is 89.6 cm³/mol. The molecule has 1 atom stereocenters. The summed E-state index contributed by atoms with van der Waals surface area (Å²) in [5, 5.41) is 6.42. The molecule has 0 fully saturated rings. The first-order valence-corrected chi connectivity index (χ1v) is 7.55. The van der Waals surface area contributed by atoms with Gasteiger partial charge in [-0.3, -0.25) is 4.68 Å². The Labute approximate surface area is 138 Å². The average molecular weight is 336 g/mol. The number of hydrogen-bond acceptors (Lipinski definition) is 4. The first kappa shape index (κ1) is 15.1. The number of aromatic nitrogens is 4. The van der Waals surface area contributed by atoms with Crippen LogP contribution in [0.4, 0.5) is 5.82 Å². The highest BCUT2D eigenvalue weighted by atomic mass is 35.5. The van der Waals surface area contributed by atoms with E-state index in [2.05, 4.69) is 26.9 Å². The van der Waals surface area contributed by atoms with E-state index in [1.807, 2.05) is 26.2 Å². The maximum atomic E-state index is 6.32. The summed E-state index contributed by atoms with van der Waals surface area (Å²) < 4.78 is 1.73. The van der Waals surface area contributed by atoms with Crippen molar-refractivity contribution in [3.8, 4) is 0 Å². The number of nitrogens with zero attached hydrogens (tertiary/aromatic N) is 5. The summed E-state index contributed by atoms with van der Waals surface area (Å²) in [7, 11) is 3.84. The highest BCUT2D eigenvalue weighted by molar-refractivity contribution is 6.35. The second-order valence-electron chi connectivity index (χ2n) is 5.16. The molecule has 3 rings (SSSR count). The number of anilines is 1. The molecule has 2 aromatic heterocycles.